The molecule has 0 unspecified atom stereocenters. The third-order valence-electron chi connectivity index (χ3n) is 4.40. The number of nitrogens with one attached hydrogen (secondary N) is 1. The van der Waals surface area contributed by atoms with Crippen LogP contribution < -0.4 is 5.32 Å². The number of pyridine rings is 1. The molecule has 1 aromatic carbocycles. The number of aromatic nitrogens is 2. The molecule has 27 heavy (non-hydrogen) atoms. The molecule has 1 N–H and O–H groups in total. The number of aryl methyl sites for hydroxylation is 1. The van der Waals surface area contributed by atoms with Crippen LogP contribution in [0.1, 0.15) is 29.9 Å². The summed E-state index contributed by atoms with van der Waals surface area (Å²) in [6.07, 6.45) is 0. The number of nitrogens with zero attached hydrogens (tertiary/aromatic N) is 3. The van der Waals surface area contributed by atoms with Crippen molar-refractivity contribution in [3.05, 3.63) is 47.7 Å². The molecule has 0 bridgehead atoms. The first-order chi connectivity index (χ1) is 12.8. The molecular weight excluding hydrogens is 340 g/mol. The maximum Gasteiger partial charge on any atom is 0.259 e. The third kappa shape index (κ3) is 4.34. The van der Waals surface area contributed by atoms with Crippen LogP contribution in [-0.4, -0.2) is 48.1 Å². The summed E-state index contributed by atoms with van der Waals surface area (Å²) in [5.74, 6) is -0.141. The molecule has 0 saturated carbocycles. The molecule has 2 aromatic heterocycles. The van der Waals surface area contributed by atoms with Gasteiger partial charge in [0.25, 0.3) is 11.6 Å². The Hall–Kier alpha value is -2.73. The largest absolute Gasteiger partial charge is 0.351 e. The van der Waals surface area contributed by atoms with Crippen molar-refractivity contribution in [2.24, 2.45) is 5.41 Å². The summed E-state index contributed by atoms with van der Waals surface area (Å²) in [6, 6.07) is 11.6. The number of hydrogen-bond donors (Lipinski definition) is 1. The van der Waals surface area contributed by atoms with Crippen LogP contribution in [0.15, 0.2) is 40.9 Å². The standard InChI is InChI=1S/C21H26N4O2/c1-14-18-16(19(26)22-12-21(2,3)13-25(4)5)11-17(23-20(18)27-24-14)15-9-7-6-8-10-15/h6-11H,12-13H2,1-5H3,(H,22,26). The number of amides is 1. The van der Waals surface area contributed by atoms with E-state index in [1.54, 1.807) is 0 Å². The Labute approximate surface area is 159 Å². The highest BCUT2D eigenvalue weighted by atomic mass is 16.5. The van der Waals surface area contributed by atoms with Gasteiger partial charge in [0.15, 0.2) is 0 Å². The van der Waals surface area contributed by atoms with Gasteiger partial charge >= 0.3 is 0 Å². The average molecular weight is 366 g/mol. The molecule has 0 aliphatic carbocycles. The van der Waals surface area contributed by atoms with Crippen LogP contribution in [0.2, 0.25) is 0 Å². The second-order valence-corrected chi connectivity index (χ2v) is 7.95. The molecule has 0 fully saturated rings. The van der Waals surface area contributed by atoms with Crippen molar-refractivity contribution >= 4 is 17.0 Å². The van der Waals surface area contributed by atoms with Gasteiger partial charge in [-0.05, 0) is 32.5 Å². The Kier molecular flexibility index (Phi) is 5.28. The van der Waals surface area contributed by atoms with Crippen molar-refractivity contribution < 1.29 is 9.32 Å². The van der Waals surface area contributed by atoms with Gasteiger partial charge in [-0.25, -0.2) is 4.98 Å². The fourth-order valence-corrected chi connectivity index (χ4v) is 3.36. The quantitative estimate of drug-likeness (QED) is 0.723. The molecular formula is C21H26N4O2. The summed E-state index contributed by atoms with van der Waals surface area (Å²) in [4.78, 5) is 19.7. The smallest absolute Gasteiger partial charge is 0.259 e. The molecule has 0 aliphatic rings. The van der Waals surface area contributed by atoms with Gasteiger partial charge in [0.1, 0.15) is 0 Å². The second kappa shape index (κ2) is 7.48. The topological polar surface area (TPSA) is 71.3 Å². The Morgan fingerprint density at radius 1 is 1.22 bits per heavy atom. The normalized spacial score (nSPS) is 11.9. The minimum atomic E-state index is -0.141. The van der Waals surface area contributed by atoms with Gasteiger partial charge in [0, 0.05) is 18.7 Å². The van der Waals surface area contributed by atoms with Crippen LogP contribution in [0.25, 0.3) is 22.4 Å². The molecule has 3 rings (SSSR count). The van der Waals surface area contributed by atoms with E-state index in [0.717, 1.165) is 12.1 Å². The fourth-order valence-electron chi connectivity index (χ4n) is 3.36. The zero-order chi connectivity index (χ0) is 19.6. The van der Waals surface area contributed by atoms with E-state index in [4.69, 9.17) is 4.52 Å². The molecule has 0 aliphatic heterocycles. The molecule has 0 spiro atoms. The van der Waals surface area contributed by atoms with Crippen molar-refractivity contribution in [1.82, 2.24) is 20.4 Å². The first-order valence-electron chi connectivity index (χ1n) is 9.02. The number of rotatable bonds is 6. The fraction of sp³-hybridized carbons (Fsp3) is 0.381. The Morgan fingerprint density at radius 3 is 2.59 bits per heavy atom. The number of fused-ring (bicyclic) bond motifs is 1. The SMILES string of the molecule is Cc1noc2nc(-c3ccccc3)cc(C(=O)NCC(C)(C)CN(C)C)c12. The van der Waals surface area contributed by atoms with Crippen LogP contribution >= 0.6 is 0 Å². The van der Waals surface area contributed by atoms with Crippen LogP contribution in [-0.2, 0) is 0 Å². The summed E-state index contributed by atoms with van der Waals surface area (Å²) in [5, 5.41) is 7.73. The summed E-state index contributed by atoms with van der Waals surface area (Å²) >= 11 is 0. The summed E-state index contributed by atoms with van der Waals surface area (Å²) < 4.78 is 5.35. The first kappa shape index (κ1) is 19.0. The van der Waals surface area contributed by atoms with Gasteiger partial charge in [-0.3, -0.25) is 4.79 Å². The monoisotopic (exact) mass is 366 g/mol. The highest BCUT2D eigenvalue weighted by Crippen LogP contribution is 2.27. The van der Waals surface area contributed by atoms with E-state index in [1.807, 2.05) is 57.4 Å². The van der Waals surface area contributed by atoms with E-state index in [0.29, 0.717) is 34.6 Å². The summed E-state index contributed by atoms with van der Waals surface area (Å²) in [6.45, 7) is 7.53. The summed E-state index contributed by atoms with van der Waals surface area (Å²) in [7, 11) is 4.06. The van der Waals surface area contributed by atoms with E-state index >= 15 is 0 Å². The number of carbonyl (C=O) groups is 1. The molecule has 3 aromatic rings. The lowest BCUT2D eigenvalue weighted by Gasteiger charge is -2.28. The molecule has 6 nitrogen and oxygen atoms in total. The van der Waals surface area contributed by atoms with Crippen LogP contribution in [0.4, 0.5) is 0 Å². The van der Waals surface area contributed by atoms with Gasteiger partial charge in [-0.15, -0.1) is 0 Å². The molecule has 6 heteroatoms. The molecule has 1 amide bonds. The van der Waals surface area contributed by atoms with Gasteiger partial charge in [-0.2, -0.15) is 0 Å². The second-order valence-electron chi connectivity index (χ2n) is 7.95. The number of benzene rings is 1. The van der Waals surface area contributed by atoms with Crippen LogP contribution in [0, 0.1) is 12.3 Å². The highest BCUT2D eigenvalue weighted by Gasteiger charge is 2.23. The third-order valence-corrected chi connectivity index (χ3v) is 4.40. The van der Waals surface area contributed by atoms with Crippen molar-refractivity contribution in [2.75, 3.05) is 27.2 Å². The Balaban J connectivity index is 1.95. The Bertz CT molecular complexity index is 945. The molecule has 142 valence electrons. The lowest BCUT2D eigenvalue weighted by molar-refractivity contribution is 0.0930. The molecule has 0 radical (unpaired) electrons. The predicted octanol–water partition coefficient (Wildman–Crippen LogP) is 3.52. The van der Waals surface area contributed by atoms with Gasteiger partial charge in [0.05, 0.1) is 22.3 Å². The molecule has 2 heterocycles. The van der Waals surface area contributed by atoms with Gasteiger partial charge in [0.2, 0.25) is 0 Å². The average Bonchev–Trinajstić information content (AvgIpc) is 3.00. The van der Waals surface area contributed by atoms with Crippen LogP contribution in [0.5, 0.6) is 0 Å². The van der Waals surface area contributed by atoms with Crippen molar-refractivity contribution in [3.8, 4) is 11.3 Å². The minimum absolute atomic E-state index is 0.0444. The maximum absolute atomic E-state index is 13.0. The molecule has 0 saturated heterocycles. The minimum Gasteiger partial charge on any atom is -0.351 e. The van der Waals surface area contributed by atoms with E-state index in [2.05, 4.69) is 34.2 Å². The maximum atomic E-state index is 13.0. The predicted molar refractivity (Wildman–Crippen MR) is 107 cm³/mol. The van der Waals surface area contributed by atoms with E-state index in [9.17, 15) is 4.79 Å². The zero-order valence-corrected chi connectivity index (χ0v) is 16.5. The zero-order valence-electron chi connectivity index (χ0n) is 16.5. The lowest BCUT2D eigenvalue weighted by Crippen LogP contribution is -2.40. The van der Waals surface area contributed by atoms with Crippen molar-refractivity contribution in [1.29, 1.82) is 0 Å². The number of hydrogen-bond acceptors (Lipinski definition) is 5. The molecule has 0 atom stereocenters. The number of carbonyl (C=O) groups excluding carboxylic acids is 1. The summed E-state index contributed by atoms with van der Waals surface area (Å²) in [5.41, 5.74) is 3.16. The van der Waals surface area contributed by atoms with Gasteiger partial charge < -0.3 is 14.7 Å². The van der Waals surface area contributed by atoms with Crippen LogP contribution in [0.3, 0.4) is 0 Å². The van der Waals surface area contributed by atoms with Crippen molar-refractivity contribution in [2.45, 2.75) is 20.8 Å². The van der Waals surface area contributed by atoms with E-state index in [1.165, 1.54) is 0 Å². The van der Waals surface area contributed by atoms with E-state index < -0.39 is 0 Å². The Morgan fingerprint density at radius 2 is 1.93 bits per heavy atom. The lowest BCUT2D eigenvalue weighted by atomic mass is 9.92. The van der Waals surface area contributed by atoms with E-state index in [-0.39, 0.29) is 11.3 Å². The highest BCUT2D eigenvalue weighted by molar-refractivity contribution is 6.07. The van der Waals surface area contributed by atoms with Crippen molar-refractivity contribution in [3.63, 3.8) is 0 Å². The van der Waals surface area contributed by atoms with Gasteiger partial charge in [-0.1, -0.05) is 49.3 Å². The first-order valence-corrected chi connectivity index (χ1v) is 9.02.